The van der Waals surface area contributed by atoms with E-state index in [1.54, 1.807) is 42.5 Å². The van der Waals surface area contributed by atoms with Crippen LogP contribution in [0.3, 0.4) is 0 Å². The van der Waals surface area contributed by atoms with Gasteiger partial charge in [-0.3, -0.25) is 24.0 Å². The summed E-state index contributed by atoms with van der Waals surface area (Å²) in [7, 11) is -3.61. The number of amides is 5. The van der Waals surface area contributed by atoms with Gasteiger partial charge >= 0.3 is 14.4 Å². The van der Waals surface area contributed by atoms with Crippen LogP contribution in [0.4, 0.5) is 8.78 Å². The lowest BCUT2D eigenvalue weighted by molar-refractivity contribution is -0.185. The molecule has 3 aromatic rings. The van der Waals surface area contributed by atoms with Gasteiger partial charge in [0.1, 0.15) is 18.1 Å². The largest absolute Gasteiger partial charge is 0.701 e. The van der Waals surface area contributed by atoms with Crippen LogP contribution in [0.15, 0.2) is 78.9 Å². The summed E-state index contributed by atoms with van der Waals surface area (Å²) in [6.07, 6.45) is -2.43. The van der Waals surface area contributed by atoms with E-state index in [-0.39, 0.29) is 25.2 Å². The third kappa shape index (κ3) is 13.5. The van der Waals surface area contributed by atoms with Crippen molar-refractivity contribution in [2.24, 2.45) is 5.73 Å². The number of hydrogen-bond acceptors (Lipinski definition) is 7. The van der Waals surface area contributed by atoms with Crippen molar-refractivity contribution in [1.29, 1.82) is 0 Å². The number of unbranched alkanes of at least 4 members (excludes halogenated alkanes) is 1. The molecule has 52 heavy (non-hydrogen) atoms. The molecule has 278 valence electrons. The summed E-state index contributed by atoms with van der Waals surface area (Å²) in [5.41, 5.74) is 7.50. The van der Waals surface area contributed by atoms with Crippen molar-refractivity contribution >= 4 is 37.8 Å². The van der Waals surface area contributed by atoms with Crippen molar-refractivity contribution in [2.75, 3.05) is 6.54 Å². The van der Waals surface area contributed by atoms with Crippen LogP contribution in [0.5, 0.6) is 0 Å². The molecule has 0 aromatic heterocycles. The Bertz CT molecular complexity index is 1690. The highest BCUT2D eigenvalue weighted by Crippen LogP contribution is 2.37. The molecule has 3 aromatic carbocycles. The molecule has 0 heterocycles. The fourth-order valence-electron chi connectivity index (χ4n) is 5.23. The minimum Gasteiger partial charge on any atom is -0.368 e. The smallest absolute Gasteiger partial charge is 0.368 e. The molecule has 5 amide bonds. The fourth-order valence-corrected chi connectivity index (χ4v) is 5.54. The second kappa shape index (κ2) is 20.1. The number of hydrogen-bond donors (Lipinski definition) is 6. The van der Waals surface area contributed by atoms with Crippen LogP contribution in [0.1, 0.15) is 65.7 Å². The molecule has 3 rings (SSSR count). The second-order valence-corrected chi connectivity index (χ2v) is 12.7. The second-order valence-electron chi connectivity index (χ2n) is 12.0. The molecular formula is C36H43F2N5O8P+. The van der Waals surface area contributed by atoms with Gasteiger partial charge < -0.3 is 27.0 Å². The Hall–Kier alpha value is -5.11. The zero-order valence-electron chi connectivity index (χ0n) is 28.8. The van der Waals surface area contributed by atoms with Gasteiger partial charge in [-0.1, -0.05) is 61.5 Å². The first kappa shape index (κ1) is 41.3. The Morgan fingerprint density at radius 1 is 0.788 bits per heavy atom. The summed E-state index contributed by atoms with van der Waals surface area (Å²) in [4.78, 5) is 72.8. The van der Waals surface area contributed by atoms with Gasteiger partial charge in [0.05, 0.1) is 5.56 Å². The summed E-state index contributed by atoms with van der Waals surface area (Å²) in [5.74, 6) is -3.12. The van der Waals surface area contributed by atoms with Crippen molar-refractivity contribution < 1.29 is 46.7 Å². The van der Waals surface area contributed by atoms with Gasteiger partial charge in [0.15, 0.2) is 0 Å². The molecule has 0 saturated carbocycles. The predicted octanol–water partition coefficient (Wildman–Crippen LogP) is 3.31. The Labute approximate surface area is 301 Å². The van der Waals surface area contributed by atoms with Gasteiger partial charge in [0, 0.05) is 36.4 Å². The maximum atomic E-state index is 14.2. The number of alkyl halides is 2. The third-order valence-electron chi connectivity index (χ3n) is 8.02. The van der Waals surface area contributed by atoms with E-state index < -0.39 is 61.7 Å². The molecule has 0 aliphatic heterocycles. The normalized spacial score (nSPS) is 13.2. The van der Waals surface area contributed by atoms with Crippen LogP contribution in [-0.2, 0) is 53.6 Å². The van der Waals surface area contributed by atoms with Gasteiger partial charge in [-0.05, 0) is 71.2 Å². The lowest BCUT2D eigenvalue weighted by atomic mass is 10.0. The van der Waals surface area contributed by atoms with Crippen LogP contribution in [0.25, 0.3) is 0 Å². The fraction of sp³-hybridized carbons (Fsp3) is 0.361. The first-order valence-corrected chi connectivity index (χ1v) is 17.7. The van der Waals surface area contributed by atoms with Crippen LogP contribution < -0.4 is 27.0 Å². The maximum absolute atomic E-state index is 14.2. The van der Waals surface area contributed by atoms with Gasteiger partial charge in [0.2, 0.25) is 23.6 Å². The van der Waals surface area contributed by atoms with Gasteiger partial charge in [-0.15, -0.1) is 4.89 Å². The van der Waals surface area contributed by atoms with Crippen molar-refractivity contribution in [3.05, 3.63) is 107 Å². The number of halogens is 2. The Balaban J connectivity index is 1.72. The van der Waals surface area contributed by atoms with Crippen LogP contribution in [0, 0.1) is 0 Å². The molecule has 0 spiro atoms. The highest BCUT2D eigenvalue weighted by molar-refractivity contribution is 7.32. The van der Waals surface area contributed by atoms with Gasteiger partial charge in [0.25, 0.3) is 5.91 Å². The SMILES string of the molecule is CCc1ccc(C(=O)NCCCCC(NC(=O)C(Cc2ccc(C(F)(F)O[P+](=O)O)cc2)NC(=O)C(Cc2ccccc2)NC(C)=O)C(N)=O)cc1. The summed E-state index contributed by atoms with van der Waals surface area (Å²) < 4.78 is 43.0. The molecular weight excluding hydrogens is 699 g/mol. The zero-order valence-corrected chi connectivity index (χ0v) is 29.7. The number of aryl methyl sites for hydroxylation is 1. The summed E-state index contributed by atoms with van der Waals surface area (Å²) in [6.45, 7) is 3.54. The quantitative estimate of drug-likeness (QED) is 0.0747. The Kier molecular flexibility index (Phi) is 15.9. The molecule has 0 fully saturated rings. The number of benzene rings is 3. The topological polar surface area (TPSA) is 206 Å². The third-order valence-corrected chi connectivity index (χ3v) is 8.41. The average Bonchev–Trinajstić information content (AvgIpc) is 3.10. The lowest BCUT2D eigenvalue weighted by Gasteiger charge is -2.25. The maximum Gasteiger partial charge on any atom is 0.701 e. The van der Waals surface area contributed by atoms with E-state index in [9.17, 15) is 37.3 Å². The van der Waals surface area contributed by atoms with Crippen molar-refractivity contribution in [3.8, 4) is 0 Å². The first-order valence-electron chi connectivity index (χ1n) is 16.6. The standard InChI is InChI=1S/C36H42F2N5O8P/c1-3-24-12-16-27(17-13-24)33(46)40-20-8-7-11-29(32(39)45)42-35(48)31(22-26-14-18-28(19-15-26)36(37,38)51-52(49)50)43-34(47)30(41-23(2)44)21-25-9-5-4-6-10-25/h4-6,9-10,12-19,29-31H,3,7-8,11,20-22H2,1-2H3,(H6-,39,40,41,42,43,44,45,46,47,48,49,50)/p+1. The van der Waals surface area contributed by atoms with E-state index in [4.69, 9.17) is 10.6 Å². The van der Waals surface area contributed by atoms with Gasteiger partial charge in [-0.2, -0.15) is 8.78 Å². The Morgan fingerprint density at radius 2 is 1.33 bits per heavy atom. The van der Waals surface area contributed by atoms with E-state index in [2.05, 4.69) is 25.8 Å². The molecule has 16 heteroatoms. The minimum absolute atomic E-state index is 0.0853. The summed E-state index contributed by atoms with van der Waals surface area (Å²) in [6, 6.07) is 16.7. The molecule has 0 aliphatic carbocycles. The molecule has 0 radical (unpaired) electrons. The van der Waals surface area contributed by atoms with E-state index in [0.717, 1.165) is 29.7 Å². The van der Waals surface area contributed by atoms with Crippen molar-refractivity contribution in [2.45, 2.75) is 76.6 Å². The predicted molar refractivity (Wildman–Crippen MR) is 188 cm³/mol. The molecule has 4 unspecified atom stereocenters. The van der Waals surface area contributed by atoms with E-state index in [0.29, 0.717) is 30.5 Å². The van der Waals surface area contributed by atoms with Crippen molar-refractivity contribution in [1.82, 2.24) is 21.3 Å². The number of carbonyl (C=O) groups is 5. The molecule has 7 N–H and O–H groups in total. The number of nitrogens with two attached hydrogens (primary N) is 1. The van der Waals surface area contributed by atoms with Crippen LogP contribution in [-0.4, -0.2) is 59.1 Å². The van der Waals surface area contributed by atoms with Gasteiger partial charge in [-0.25, -0.2) is 0 Å². The van der Waals surface area contributed by atoms with Crippen LogP contribution in [0.2, 0.25) is 0 Å². The first-order chi connectivity index (χ1) is 24.7. The van der Waals surface area contributed by atoms with E-state index in [1.807, 2.05) is 19.1 Å². The number of nitrogens with one attached hydrogen (secondary N) is 4. The summed E-state index contributed by atoms with van der Waals surface area (Å²) in [5, 5.41) is 10.5. The van der Waals surface area contributed by atoms with Crippen molar-refractivity contribution in [3.63, 3.8) is 0 Å². The monoisotopic (exact) mass is 742 g/mol. The molecule has 0 saturated heterocycles. The molecule has 0 bridgehead atoms. The average molecular weight is 743 g/mol. The molecule has 13 nitrogen and oxygen atoms in total. The Morgan fingerprint density at radius 3 is 1.87 bits per heavy atom. The number of primary amides is 1. The molecule has 0 aliphatic rings. The number of carbonyl (C=O) groups excluding carboxylic acids is 5. The summed E-state index contributed by atoms with van der Waals surface area (Å²) >= 11 is 0. The molecule has 4 atom stereocenters. The van der Waals surface area contributed by atoms with E-state index in [1.165, 1.54) is 19.1 Å². The highest BCUT2D eigenvalue weighted by atomic mass is 31.1. The van der Waals surface area contributed by atoms with E-state index >= 15 is 0 Å². The highest BCUT2D eigenvalue weighted by Gasteiger charge is 2.43. The minimum atomic E-state index is -4.08. The number of rotatable bonds is 20. The zero-order chi connectivity index (χ0) is 38.3. The lowest BCUT2D eigenvalue weighted by Crippen LogP contribution is -2.57. The van der Waals surface area contributed by atoms with Crippen LogP contribution >= 0.6 is 8.25 Å².